The number of benzene rings is 2. The lowest BCUT2D eigenvalue weighted by atomic mass is 9.90. The molecular formula is C25H22ClNO2. The van der Waals surface area contributed by atoms with E-state index < -0.39 is 0 Å². The molecule has 5 rings (SSSR count). The third kappa shape index (κ3) is 3.10. The second-order valence-electron chi connectivity index (χ2n) is 7.97. The number of hydrogen-bond donors (Lipinski definition) is 1. The molecule has 3 aromatic rings. The van der Waals surface area contributed by atoms with Gasteiger partial charge in [0.05, 0.1) is 11.3 Å². The Morgan fingerprint density at radius 3 is 2.62 bits per heavy atom. The zero-order valence-electron chi connectivity index (χ0n) is 16.6. The standard InChI is InChI=1S/C25H22ClNO2/c1-14-7-9-16(10-8-14)23-18-5-3-4-6-21(18)29-22(23)13-20-19-12-17(26)11-15(2)24(19)27-25(20)28/h7-13H,3-6H2,1-2H3,(H,27,28). The third-order valence-corrected chi connectivity index (χ3v) is 6.11. The molecule has 0 saturated carbocycles. The van der Waals surface area contributed by atoms with Crippen LogP contribution in [0.25, 0.3) is 22.8 Å². The van der Waals surface area contributed by atoms with Crippen LogP contribution in [0.15, 0.2) is 40.8 Å². The van der Waals surface area contributed by atoms with E-state index in [2.05, 4.69) is 36.5 Å². The molecule has 2 aromatic carbocycles. The smallest absolute Gasteiger partial charge is 0.256 e. The summed E-state index contributed by atoms with van der Waals surface area (Å²) >= 11 is 6.28. The van der Waals surface area contributed by atoms with Crippen molar-refractivity contribution in [3.05, 3.63) is 75.2 Å². The van der Waals surface area contributed by atoms with Gasteiger partial charge in [0.2, 0.25) is 0 Å². The minimum absolute atomic E-state index is 0.116. The van der Waals surface area contributed by atoms with Crippen LogP contribution in [0.4, 0.5) is 5.69 Å². The van der Waals surface area contributed by atoms with Gasteiger partial charge in [-0.2, -0.15) is 0 Å². The molecule has 2 heterocycles. The maximum absolute atomic E-state index is 12.8. The summed E-state index contributed by atoms with van der Waals surface area (Å²) < 4.78 is 6.32. The molecule has 1 amide bonds. The highest BCUT2D eigenvalue weighted by atomic mass is 35.5. The topological polar surface area (TPSA) is 42.2 Å². The van der Waals surface area contributed by atoms with Crippen LogP contribution in [0.5, 0.6) is 0 Å². The first-order valence-corrected chi connectivity index (χ1v) is 10.4. The average Bonchev–Trinajstić information content (AvgIpc) is 3.21. The summed E-state index contributed by atoms with van der Waals surface area (Å²) in [5.74, 6) is 1.70. The molecule has 146 valence electrons. The molecule has 4 heteroatoms. The summed E-state index contributed by atoms with van der Waals surface area (Å²) in [4.78, 5) is 12.8. The molecule has 0 atom stereocenters. The largest absolute Gasteiger partial charge is 0.461 e. The number of carbonyl (C=O) groups excluding carboxylic acids is 1. The quantitative estimate of drug-likeness (QED) is 0.490. The predicted octanol–water partition coefficient (Wildman–Crippen LogP) is 6.59. The first-order chi connectivity index (χ1) is 14.0. The lowest BCUT2D eigenvalue weighted by Gasteiger charge is -2.11. The molecule has 0 bridgehead atoms. The van der Waals surface area contributed by atoms with E-state index in [-0.39, 0.29) is 5.91 Å². The number of rotatable bonds is 2. The van der Waals surface area contributed by atoms with Crippen molar-refractivity contribution in [2.45, 2.75) is 39.5 Å². The number of carbonyl (C=O) groups is 1. The van der Waals surface area contributed by atoms with E-state index in [1.165, 1.54) is 17.5 Å². The van der Waals surface area contributed by atoms with E-state index >= 15 is 0 Å². The number of furan rings is 1. The minimum atomic E-state index is -0.116. The van der Waals surface area contributed by atoms with Gasteiger partial charge in [0, 0.05) is 28.1 Å². The van der Waals surface area contributed by atoms with Gasteiger partial charge in [0.1, 0.15) is 11.5 Å². The molecule has 1 aromatic heterocycles. The van der Waals surface area contributed by atoms with Gasteiger partial charge in [-0.05, 0) is 62.4 Å². The summed E-state index contributed by atoms with van der Waals surface area (Å²) in [5.41, 5.74) is 7.99. The van der Waals surface area contributed by atoms with Crippen LogP contribution in [-0.4, -0.2) is 5.91 Å². The third-order valence-electron chi connectivity index (χ3n) is 5.89. The van der Waals surface area contributed by atoms with Crippen molar-refractivity contribution < 1.29 is 9.21 Å². The number of halogens is 1. The molecule has 0 saturated heterocycles. The first kappa shape index (κ1) is 18.3. The van der Waals surface area contributed by atoms with Gasteiger partial charge in [-0.15, -0.1) is 0 Å². The Labute approximate surface area is 175 Å². The fraction of sp³-hybridized carbons (Fsp3) is 0.240. The molecule has 3 nitrogen and oxygen atoms in total. The van der Waals surface area contributed by atoms with Crippen LogP contribution in [0, 0.1) is 13.8 Å². The molecule has 1 N–H and O–H groups in total. The molecular weight excluding hydrogens is 382 g/mol. The lowest BCUT2D eigenvalue weighted by Crippen LogP contribution is -2.04. The SMILES string of the molecule is Cc1ccc(-c2c(C=C3C(=O)Nc4c(C)cc(Cl)cc43)oc3c2CCCC3)cc1. The van der Waals surface area contributed by atoms with E-state index in [1.54, 1.807) is 0 Å². The van der Waals surface area contributed by atoms with Crippen molar-refractivity contribution in [2.24, 2.45) is 0 Å². The van der Waals surface area contributed by atoms with Crippen molar-refractivity contribution in [3.63, 3.8) is 0 Å². The van der Waals surface area contributed by atoms with E-state index in [9.17, 15) is 4.79 Å². The Balaban J connectivity index is 1.71. The highest BCUT2D eigenvalue weighted by molar-refractivity contribution is 6.37. The van der Waals surface area contributed by atoms with Crippen LogP contribution in [-0.2, 0) is 17.6 Å². The van der Waals surface area contributed by atoms with Gasteiger partial charge >= 0.3 is 0 Å². The molecule has 0 unspecified atom stereocenters. The zero-order valence-corrected chi connectivity index (χ0v) is 17.3. The Bertz CT molecular complexity index is 1170. The number of amides is 1. The van der Waals surface area contributed by atoms with Crippen molar-refractivity contribution in [1.82, 2.24) is 0 Å². The number of hydrogen-bond acceptors (Lipinski definition) is 2. The average molecular weight is 404 g/mol. The summed E-state index contributed by atoms with van der Waals surface area (Å²) in [6.07, 6.45) is 6.16. The molecule has 1 aliphatic heterocycles. The van der Waals surface area contributed by atoms with Crippen molar-refractivity contribution in [2.75, 3.05) is 5.32 Å². The normalized spacial score (nSPS) is 16.7. The number of fused-ring (bicyclic) bond motifs is 2. The molecule has 1 aliphatic carbocycles. The minimum Gasteiger partial charge on any atom is -0.461 e. The number of nitrogens with one attached hydrogen (secondary N) is 1. The highest BCUT2D eigenvalue weighted by Crippen LogP contribution is 2.42. The molecule has 29 heavy (non-hydrogen) atoms. The van der Waals surface area contributed by atoms with Crippen LogP contribution in [0.3, 0.4) is 0 Å². The Morgan fingerprint density at radius 2 is 1.83 bits per heavy atom. The van der Waals surface area contributed by atoms with Gasteiger partial charge < -0.3 is 9.73 Å². The summed E-state index contributed by atoms with van der Waals surface area (Å²) in [6.45, 7) is 4.04. The van der Waals surface area contributed by atoms with E-state index in [4.69, 9.17) is 16.0 Å². The van der Waals surface area contributed by atoms with Gasteiger partial charge in [-0.3, -0.25) is 4.79 Å². The number of anilines is 1. The lowest BCUT2D eigenvalue weighted by molar-refractivity contribution is -0.110. The van der Waals surface area contributed by atoms with Crippen LogP contribution in [0.2, 0.25) is 5.02 Å². The molecule has 0 fully saturated rings. The highest BCUT2D eigenvalue weighted by Gasteiger charge is 2.29. The van der Waals surface area contributed by atoms with E-state index in [1.807, 2.05) is 25.1 Å². The van der Waals surface area contributed by atoms with Gasteiger partial charge in [-0.25, -0.2) is 0 Å². The summed E-state index contributed by atoms with van der Waals surface area (Å²) in [5, 5.41) is 3.61. The Kier molecular flexibility index (Phi) is 4.36. The monoisotopic (exact) mass is 403 g/mol. The van der Waals surface area contributed by atoms with Crippen molar-refractivity contribution >= 4 is 34.8 Å². The fourth-order valence-corrected chi connectivity index (χ4v) is 4.70. The summed E-state index contributed by atoms with van der Waals surface area (Å²) in [7, 11) is 0. The van der Waals surface area contributed by atoms with Crippen LogP contribution in [0.1, 0.15) is 46.6 Å². The zero-order chi connectivity index (χ0) is 20.1. The van der Waals surface area contributed by atoms with E-state index in [0.717, 1.165) is 58.7 Å². The Morgan fingerprint density at radius 1 is 1.07 bits per heavy atom. The second-order valence-corrected chi connectivity index (χ2v) is 8.41. The van der Waals surface area contributed by atoms with Crippen LogP contribution >= 0.6 is 11.6 Å². The molecule has 0 spiro atoms. The molecule has 0 radical (unpaired) electrons. The van der Waals surface area contributed by atoms with Gasteiger partial charge in [0.15, 0.2) is 0 Å². The van der Waals surface area contributed by atoms with Crippen molar-refractivity contribution in [3.8, 4) is 11.1 Å². The molecule has 2 aliphatic rings. The van der Waals surface area contributed by atoms with Crippen LogP contribution < -0.4 is 5.32 Å². The summed E-state index contributed by atoms with van der Waals surface area (Å²) in [6, 6.07) is 12.2. The second kappa shape index (κ2) is 6.93. The Hall–Kier alpha value is -2.78. The number of aryl methyl sites for hydroxylation is 3. The maximum atomic E-state index is 12.8. The van der Waals surface area contributed by atoms with Gasteiger partial charge in [-0.1, -0.05) is 41.4 Å². The predicted molar refractivity (Wildman–Crippen MR) is 118 cm³/mol. The van der Waals surface area contributed by atoms with E-state index in [0.29, 0.717) is 10.6 Å². The maximum Gasteiger partial charge on any atom is 0.256 e. The van der Waals surface area contributed by atoms with Crippen molar-refractivity contribution in [1.29, 1.82) is 0 Å². The first-order valence-electron chi connectivity index (χ1n) is 10.1. The van der Waals surface area contributed by atoms with Gasteiger partial charge in [0.25, 0.3) is 5.91 Å². The fourth-order valence-electron chi connectivity index (χ4n) is 4.42.